The molecule has 0 aliphatic carbocycles. The molecule has 0 bridgehead atoms. The molecule has 25 heavy (non-hydrogen) atoms. The molecular formula is C17H23N5O3. The molecule has 0 spiro atoms. The molecule has 0 aliphatic rings. The predicted molar refractivity (Wildman–Crippen MR) is 93.0 cm³/mol. The number of nitrogens with zero attached hydrogens (tertiary/aromatic N) is 4. The summed E-state index contributed by atoms with van der Waals surface area (Å²) in [6.45, 7) is 3.89. The van der Waals surface area contributed by atoms with Gasteiger partial charge in [-0.2, -0.15) is 10.2 Å². The molecule has 0 aliphatic heterocycles. The SMILES string of the molecule is CCOC(=O)c1cc(-c2cccc(CC)c2)nn1C(CO)CN=NN. The van der Waals surface area contributed by atoms with Gasteiger partial charge in [-0.3, -0.25) is 4.68 Å². The number of hydrogen-bond donors (Lipinski definition) is 2. The average Bonchev–Trinajstić information content (AvgIpc) is 3.08. The molecule has 0 fully saturated rings. The van der Waals surface area contributed by atoms with Crippen molar-refractivity contribution in [3.8, 4) is 11.3 Å². The highest BCUT2D eigenvalue weighted by molar-refractivity contribution is 5.89. The van der Waals surface area contributed by atoms with Gasteiger partial charge in [0.1, 0.15) is 5.69 Å². The monoisotopic (exact) mass is 345 g/mol. The first-order chi connectivity index (χ1) is 12.1. The molecule has 0 radical (unpaired) electrons. The fourth-order valence-electron chi connectivity index (χ4n) is 2.48. The second kappa shape index (κ2) is 8.93. The second-order valence-electron chi connectivity index (χ2n) is 5.41. The molecule has 0 saturated carbocycles. The summed E-state index contributed by atoms with van der Waals surface area (Å²) in [6.07, 6.45) is 0.898. The van der Waals surface area contributed by atoms with Crippen LogP contribution >= 0.6 is 0 Å². The zero-order chi connectivity index (χ0) is 18.2. The van der Waals surface area contributed by atoms with Crippen LogP contribution in [0.4, 0.5) is 0 Å². The van der Waals surface area contributed by atoms with Crippen molar-refractivity contribution in [2.24, 2.45) is 16.2 Å². The number of aliphatic hydroxyl groups is 1. The molecule has 1 heterocycles. The van der Waals surface area contributed by atoms with Crippen LogP contribution in [0.3, 0.4) is 0 Å². The van der Waals surface area contributed by atoms with Gasteiger partial charge in [-0.05, 0) is 31.0 Å². The first kappa shape index (κ1) is 18.6. The zero-order valence-electron chi connectivity index (χ0n) is 14.4. The minimum Gasteiger partial charge on any atom is -0.461 e. The van der Waals surface area contributed by atoms with Gasteiger partial charge >= 0.3 is 5.97 Å². The number of rotatable bonds is 8. The van der Waals surface area contributed by atoms with E-state index in [1.54, 1.807) is 13.0 Å². The summed E-state index contributed by atoms with van der Waals surface area (Å²) >= 11 is 0. The Morgan fingerprint density at radius 1 is 1.40 bits per heavy atom. The minimum atomic E-state index is -0.560. The molecule has 1 atom stereocenters. The number of aromatic nitrogens is 2. The van der Waals surface area contributed by atoms with Crippen LogP contribution in [0.5, 0.6) is 0 Å². The number of carbonyl (C=O) groups excluding carboxylic acids is 1. The Bertz CT molecular complexity index is 742. The van der Waals surface area contributed by atoms with E-state index in [0.29, 0.717) is 5.69 Å². The van der Waals surface area contributed by atoms with E-state index in [-0.39, 0.29) is 25.5 Å². The molecule has 1 aromatic carbocycles. The van der Waals surface area contributed by atoms with Crippen LogP contribution in [0.25, 0.3) is 11.3 Å². The van der Waals surface area contributed by atoms with Gasteiger partial charge < -0.3 is 15.7 Å². The molecule has 1 aromatic heterocycles. The summed E-state index contributed by atoms with van der Waals surface area (Å²) < 4.78 is 6.53. The van der Waals surface area contributed by atoms with Crippen molar-refractivity contribution in [3.63, 3.8) is 0 Å². The molecule has 8 heteroatoms. The topological polar surface area (TPSA) is 115 Å². The quantitative estimate of drug-likeness (QED) is 0.329. The molecule has 0 amide bonds. The standard InChI is InChI=1S/C17H23N5O3/c1-3-12-6-5-7-13(8-12)15-9-16(17(24)25-4-2)22(20-15)14(11-23)10-19-21-18/h5-9,14,23H,3-4,10-11H2,1-2H3,(H2,18,19). The maximum atomic E-state index is 12.3. The molecule has 2 aromatic rings. The smallest absolute Gasteiger partial charge is 0.356 e. The Hall–Kier alpha value is -2.74. The lowest BCUT2D eigenvalue weighted by Crippen LogP contribution is -2.23. The Balaban J connectivity index is 2.48. The lowest BCUT2D eigenvalue weighted by Gasteiger charge is -2.14. The Morgan fingerprint density at radius 3 is 2.84 bits per heavy atom. The van der Waals surface area contributed by atoms with Gasteiger partial charge in [-0.1, -0.05) is 30.3 Å². The predicted octanol–water partition coefficient (Wildman–Crippen LogP) is 2.15. The molecule has 8 nitrogen and oxygen atoms in total. The Morgan fingerprint density at radius 2 is 2.20 bits per heavy atom. The van der Waals surface area contributed by atoms with Crippen LogP contribution in [-0.2, 0) is 11.2 Å². The van der Waals surface area contributed by atoms with Crippen LogP contribution < -0.4 is 5.84 Å². The molecule has 134 valence electrons. The molecule has 2 rings (SSSR count). The van der Waals surface area contributed by atoms with Gasteiger partial charge in [0, 0.05) is 5.56 Å². The van der Waals surface area contributed by atoms with E-state index in [0.717, 1.165) is 12.0 Å². The van der Waals surface area contributed by atoms with E-state index in [2.05, 4.69) is 22.4 Å². The number of hydrogen-bond acceptors (Lipinski definition) is 6. The van der Waals surface area contributed by atoms with E-state index in [1.165, 1.54) is 10.2 Å². The van der Waals surface area contributed by atoms with Crippen LogP contribution in [0.2, 0.25) is 0 Å². The molecule has 3 N–H and O–H groups in total. The normalized spacial score (nSPS) is 12.4. The van der Waals surface area contributed by atoms with Gasteiger partial charge in [-0.15, -0.1) is 0 Å². The summed E-state index contributed by atoms with van der Waals surface area (Å²) in [4.78, 5) is 12.3. The second-order valence-corrected chi connectivity index (χ2v) is 5.41. The molecule has 0 saturated heterocycles. The first-order valence-corrected chi connectivity index (χ1v) is 8.18. The summed E-state index contributed by atoms with van der Waals surface area (Å²) in [6, 6.07) is 9.03. The van der Waals surface area contributed by atoms with E-state index >= 15 is 0 Å². The van der Waals surface area contributed by atoms with Crippen molar-refractivity contribution in [1.29, 1.82) is 0 Å². The highest BCUT2D eigenvalue weighted by atomic mass is 16.5. The number of aliphatic hydroxyl groups excluding tert-OH is 1. The van der Waals surface area contributed by atoms with E-state index in [4.69, 9.17) is 10.6 Å². The highest BCUT2D eigenvalue weighted by Gasteiger charge is 2.23. The number of aryl methyl sites for hydroxylation is 1. The minimum absolute atomic E-state index is 0.107. The number of benzene rings is 1. The maximum Gasteiger partial charge on any atom is 0.356 e. The summed E-state index contributed by atoms with van der Waals surface area (Å²) in [5.74, 6) is 4.54. The van der Waals surface area contributed by atoms with Crippen molar-refractivity contribution < 1.29 is 14.6 Å². The third kappa shape index (κ3) is 4.42. The fourth-order valence-corrected chi connectivity index (χ4v) is 2.48. The van der Waals surface area contributed by atoms with Crippen molar-refractivity contribution >= 4 is 5.97 Å². The first-order valence-electron chi connectivity index (χ1n) is 8.18. The van der Waals surface area contributed by atoms with Crippen LogP contribution in [0.1, 0.15) is 35.9 Å². The average molecular weight is 345 g/mol. The number of nitrogens with two attached hydrogens (primary N) is 1. The van der Waals surface area contributed by atoms with Crippen molar-refractivity contribution in [2.75, 3.05) is 19.8 Å². The van der Waals surface area contributed by atoms with E-state index < -0.39 is 12.0 Å². The van der Waals surface area contributed by atoms with Crippen molar-refractivity contribution in [2.45, 2.75) is 26.3 Å². The highest BCUT2D eigenvalue weighted by Crippen LogP contribution is 2.23. The summed E-state index contributed by atoms with van der Waals surface area (Å²) in [5.41, 5.74) is 2.94. The summed E-state index contributed by atoms with van der Waals surface area (Å²) in [7, 11) is 0. The lowest BCUT2D eigenvalue weighted by atomic mass is 10.1. The third-order valence-corrected chi connectivity index (χ3v) is 3.78. The number of carbonyl (C=O) groups is 1. The fraction of sp³-hybridized carbons (Fsp3) is 0.412. The Kier molecular flexibility index (Phi) is 6.64. The summed E-state index contributed by atoms with van der Waals surface area (Å²) in [5, 5.41) is 21.1. The number of ether oxygens (including phenoxy) is 1. The van der Waals surface area contributed by atoms with Gasteiger partial charge in [0.25, 0.3) is 0 Å². The number of esters is 1. The largest absolute Gasteiger partial charge is 0.461 e. The molecular weight excluding hydrogens is 322 g/mol. The third-order valence-electron chi connectivity index (χ3n) is 3.78. The van der Waals surface area contributed by atoms with Gasteiger partial charge in [0.05, 0.1) is 31.5 Å². The van der Waals surface area contributed by atoms with Gasteiger partial charge in [0.2, 0.25) is 0 Å². The lowest BCUT2D eigenvalue weighted by molar-refractivity contribution is 0.0506. The van der Waals surface area contributed by atoms with Gasteiger partial charge in [0.15, 0.2) is 0 Å². The zero-order valence-corrected chi connectivity index (χ0v) is 14.4. The van der Waals surface area contributed by atoms with Crippen molar-refractivity contribution in [3.05, 3.63) is 41.6 Å². The van der Waals surface area contributed by atoms with Crippen LogP contribution in [0, 0.1) is 0 Å². The van der Waals surface area contributed by atoms with Crippen LogP contribution in [0.15, 0.2) is 40.7 Å². The molecule has 1 unspecified atom stereocenters. The van der Waals surface area contributed by atoms with Gasteiger partial charge in [-0.25, -0.2) is 4.79 Å². The van der Waals surface area contributed by atoms with E-state index in [9.17, 15) is 9.90 Å². The van der Waals surface area contributed by atoms with E-state index in [1.807, 2.05) is 24.3 Å². The van der Waals surface area contributed by atoms with Crippen molar-refractivity contribution in [1.82, 2.24) is 9.78 Å². The maximum absolute atomic E-state index is 12.3. The van der Waals surface area contributed by atoms with Crippen LogP contribution in [-0.4, -0.2) is 40.6 Å². The Labute approximate surface area is 146 Å².